The first-order valence-electron chi connectivity index (χ1n) is 5.81. The van der Waals surface area contributed by atoms with Gasteiger partial charge in [0.1, 0.15) is 0 Å². The molecule has 0 aliphatic heterocycles. The topological polar surface area (TPSA) is 21.3 Å². The minimum Gasteiger partial charge on any atom is -0.385 e. The first kappa shape index (κ1) is 12.0. The summed E-state index contributed by atoms with van der Waals surface area (Å²) in [5, 5.41) is 3.63. The molecule has 1 aliphatic carbocycles. The van der Waals surface area contributed by atoms with Crippen LogP contribution in [0.3, 0.4) is 0 Å². The summed E-state index contributed by atoms with van der Waals surface area (Å²) in [5.41, 5.74) is 0.387. The highest BCUT2D eigenvalue weighted by molar-refractivity contribution is 4.87. The SMILES string of the molecule is COCCC(C)(CNC1CC1)C(C)C. The number of hydrogen-bond acceptors (Lipinski definition) is 2. The monoisotopic (exact) mass is 199 g/mol. The molecule has 1 saturated carbocycles. The maximum atomic E-state index is 5.18. The van der Waals surface area contributed by atoms with Crippen LogP contribution in [0.2, 0.25) is 0 Å². The molecule has 0 amide bonds. The van der Waals surface area contributed by atoms with Crippen LogP contribution < -0.4 is 5.32 Å². The number of rotatable bonds is 7. The van der Waals surface area contributed by atoms with Gasteiger partial charge in [0.05, 0.1) is 0 Å². The average Bonchev–Trinajstić information content (AvgIpc) is 2.94. The molecule has 0 saturated heterocycles. The van der Waals surface area contributed by atoms with Gasteiger partial charge in [0, 0.05) is 26.3 Å². The van der Waals surface area contributed by atoms with E-state index < -0.39 is 0 Å². The van der Waals surface area contributed by atoms with E-state index in [1.54, 1.807) is 7.11 Å². The molecule has 2 heteroatoms. The third-order valence-corrected chi connectivity index (χ3v) is 3.64. The minimum atomic E-state index is 0.387. The Bertz CT molecular complexity index is 166. The van der Waals surface area contributed by atoms with Crippen molar-refractivity contribution in [2.45, 2.75) is 46.1 Å². The molecule has 0 heterocycles. The fraction of sp³-hybridized carbons (Fsp3) is 1.00. The van der Waals surface area contributed by atoms with E-state index in [-0.39, 0.29) is 0 Å². The summed E-state index contributed by atoms with van der Waals surface area (Å²) in [6.07, 6.45) is 3.90. The van der Waals surface area contributed by atoms with Crippen molar-refractivity contribution in [1.29, 1.82) is 0 Å². The van der Waals surface area contributed by atoms with Gasteiger partial charge < -0.3 is 10.1 Å². The quantitative estimate of drug-likeness (QED) is 0.680. The van der Waals surface area contributed by atoms with Gasteiger partial charge in [0.15, 0.2) is 0 Å². The van der Waals surface area contributed by atoms with Crippen molar-refractivity contribution in [2.75, 3.05) is 20.3 Å². The molecule has 0 aromatic carbocycles. The predicted octanol–water partition coefficient (Wildman–Crippen LogP) is 2.44. The van der Waals surface area contributed by atoms with E-state index in [0.717, 1.165) is 25.6 Å². The van der Waals surface area contributed by atoms with Crippen LogP contribution in [-0.2, 0) is 4.74 Å². The fourth-order valence-corrected chi connectivity index (χ4v) is 1.58. The van der Waals surface area contributed by atoms with Gasteiger partial charge in [0.25, 0.3) is 0 Å². The summed E-state index contributed by atoms with van der Waals surface area (Å²) >= 11 is 0. The van der Waals surface area contributed by atoms with Gasteiger partial charge in [-0.3, -0.25) is 0 Å². The number of ether oxygens (including phenoxy) is 1. The van der Waals surface area contributed by atoms with E-state index in [1.165, 1.54) is 12.8 Å². The Morgan fingerprint density at radius 3 is 2.50 bits per heavy atom. The second-order valence-electron chi connectivity index (χ2n) is 5.21. The van der Waals surface area contributed by atoms with Gasteiger partial charge in [-0.25, -0.2) is 0 Å². The molecule has 0 aromatic heterocycles. The third kappa shape index (κ3) is 3.58. The zero-order chi connectivity index (χ0) is 10.6. The predicted molar refractivity (Wildman–Crippen MR) is 60.5 cm³/mol. The molecular formula is C12H25NO. The van der Waals surface area contributed by atoms with E-state index in [2.05, 4.69) is 26.1 Å². The normalized spacial score (nSPS) is 21.2. The molecule has 0 aromatic rings. The Morgan fingerprint density at radius 1 is 1.43 bits per heavy atom. The van der Waals surface area contributed by atoms with E-state index in [1.807, 2.05) is 0 Å². The van der Waals surface area contributed by atoms with Crippen LogP contribution in [0.25, 0.3) is 0 Å². The Morgan fingerprint density at radius 2 is 2.07 bits per heavy atom. The minimum absolute atomic E-state index is 0.387. The maximum Gasteiger partial charge on any atom is 0.0468 e. The molecule has 1 rings (SSSR count). The lowest BCUT2D eigenvalue weighted by Gasteiger charge is -2.34. The summed E-state index contributed by atoms with van der Waals surface area (Å²) in [6, 6.07) is 0.815. The van der Waals surface area contributed by atoms with Crippen LogP contribution in [0.5, 0.6) is 0 Å². The van der Waals surface area contributed by atoms with Crippen molar-refractivity contribution in [1.82, 2.24) is 5.32 Å². The summed E-state index contributed by atoms with van der Waals surface area (Å²) in [4.78, 5) is 0. The van der Waals surface area contributed by atoms with Gasteiger partial charge >= 0.3 is 0 Å². The zero-order valence-electron chi connectivity index (χ0n) is 10.1. The summed E-state index contributed by atoms with van der Waals surface area (Å²) < 4.78 is 5.18. The van der Waals surface area contributed by atoms with E-state index in [9.17, 15) is 0 Å². The molecule has 14 heavy (non-hydrogen) atoms. The summed E-state index contributed by atoms with van der Waals surface area (Å²) in [6.45, 7) is 9.00. The van der Waals surface area contributed by atoms with Crippen LogP contribution in [0, 0.1) is 11.3 Å². The van der Waals surface area contributed by atoms with Crippen LogP contribution in [0.4, 0.5) is 0 Å². The van der Waals surface area contributed by atoms with Crippen molar-refractivity contribution in [3.63, 3.8) is 0 Å². The largest absolute Gasteiger partial charge is 0.385 e. The Hall–Kier alpha value is -0.0800. The summed E-state index contributed by atoms with van der Waals surface area (Å²) in [7, 11) is 1.79. The first-order valence-corrected chi connectivity index (χ1v) is 5.81. The number of hydrogen-bond donors (Lipinski definition) is 1. The molecule has 1 unspecified atom stereocenters. The Balaban J connectivity index is 2.33. The molecule has 84 valence electrons. The highest BCUT2D eigenvalue weighted by Gasteiger charge is 2.30. The number of nitrogens with one attached hydrogen (secondary N) is 1. The molecule has 0 spiro atoms. The van der Waals surface area contributed by atoms with Crippen molar-refractivity contribution in [3.05, 3.63) is 0 Å². The second kappa shape index (κ2) is 5.13. The van der Waals surface area contributed by atoms with Gasteiger partial charge in [-0.15, -0.1) is 0 Å². The Labute approximate surface area is 88.4 Å². The van der Waals surface area contributed by atoms with Gasteiger partial charge in [0.2, 0.25) is 0 Å². The molecule has 2 nitrogen and oxygen atoms in total. The van der Waals surface area contributed by atoms with Crippen molar-refractivity contribution < 1.29 is 4.74 Å². The Kier molecular flexibility index (Phi) is 4.39. The molecule has 1 N–H and O–H groups in total. The molecule has 1 atom stereocenters. The van der Waals surface area contributed by atoms with E-state index in [0.29, 0.717) is 11.3 Å². The highest BCUT2D eigenvalue weighted by atomic mass is 16.5. The second-order valence-corrected chi connectivity index (χ2v) is 5.21. The van der Waals surface area contributed by atoms with Crippen molar-refractivity contribution in [2.24, 2.45) is 11.3 Å². The van der Waals surface area contributed by atoms with Crippen molar-refractivity contribution >= 4 is 0 Å². The van der Waals surface area contributed by atoms with Crippen LogP contribution in [0.1, 0.15) is 40.0 Å². The lowest BCUT2D eigenvalue weighted by molar-refractivity contribution is 0.111. The average molecular weight is 199 g/mol. The van der Waals surface area contributed by atoms with Crippen LogP contribution in [-0.4, -0.2) is 26.3 Å². The highest BCUT2D eigenvalue weighted by Crippen LogP contribution is 2.31. The van der Waals surface area contributed by atoms with Gasteiger partial charge in [-0.05, 0) is 30.6 Å². The fourth-order valence-electron chi connectivity index (χ4n) is 1.58. The maximum absolute atomic E-state index is 5.18. The zero-order valence-corrected chi connectivity index (χ0v) is 10.1. The molecule has 0 radical (unpaired) electrons. The molecule has 0 bridgehead atoms. The van der Waals surface area contributed by atoms with E-state index in [4.69, 9.17) is 4.74 Å². The van der Waals surface area contributed by atoms with Crippen LogP contribution in [0.15, 0.2) is 0 Å². The van der Waals surface area contributed by atoms with Crippen molar-refractivity contribution in [3.8, 4) is 0 Å². The van der Waals surface area contributed by atoms with Gasteiger partial charge in [-0.2, -0.15) is 0 Å². The van der Waals surface area contributed by atoms with Gasteiger partial charge in [-0.1, -0.05) is 20.8 Å². The standard InChI is InChI=1S/C12H25NO/c1-10(2)12(3,7-8-14-4)9-13-11-5-6-11/h10-11,13H,5-9H2,1-4H3. The lowest BCUT2D eigenvalue weighted by Crippen LogP contribution is -2.38. The third-order valence-electron chi connectivity index (χ3n) is 3.64. The van der Waals surface area contributed by atoms with Crippen LogP contribution >= 0.6 is 0 Å². The molecular weight excluding hydrogens is 174 g/mol. The lowest BCUT2D eigenvalue weighted by atomic mass is 9.76. The molecule has 1 aliphatic rings. The first-order chi connectivity index (χ1) is 6.58. The summed E-state index contributed by atoms with van der Waals surface area (Å²) in [5.74, 6) is 0.712. The smallest absolute Gasteiger partial charge is 0.0468 e. The van der Waals surface area contributed by atoms with E-state index >= 15 is 0 Å². The molecule has 1 fully saturated rings. The number of methoxy groups -OCH3 is 1.